The van der Waals surface area contributed by atoms with E-state index in [4.69, 9.17) is 9.47 Å². The summed E-state index contributed by atoms with van der Waals surface area (Å²) < 4.78 is 39.6. The van der Waals surface area contributed by atoms with Crippen molar-refractivity contribution in [2.45, 2.75) is 38.2 Å². The van der Waals surface area contributed by atoms with Crippen molar-refractivity contribution < 1.29 is 27.5 Å². The largest absolute Gasteiger partial charge is 0.494 e. The normalized spacial score (nSPS) is 14.8. The van der Waals surface area contributed by atoms with E-state index in [0.717, 1.165) is 9.87 Å². The number of hydrogen-bond acceptors (Lipinski definition) is 6. The highest BCUT2D eigenvalue weighted by Gasteiger charge is 2.35. The van der Waals surface area contributed by atoms with Crippen molar-refractivity contribution in [3.63, 3.8) is 0 Å². The zero-order valence-corrected chi connectivity index (χ0v) is 23.8. The van der Waals surface area contributed by atoms with E-state index >= 15 is 0 Å². The minimum absolute atomic E-state index is 0.0349. The molecule has 212 valence electrons. The standard InChI is InChI=1S/C30H35N3O6S/c1-4-32(40(36,37)24-15-16-26(38-5-2)22(3)19-24)21-29(34)33-20-28(39-27-14-10-9-13-25(27)33)30(35)31-18-17-23-11-7-6-8-12-23/h6-16,19,28H,4-5,17-18,20-21H2,1-3H3,(H,31,35)/t28-/m1/s1. The molecule has 1 aliphatic heterocycles. The number of amides is 2. The molecule has 4 rings (SSSR count). The van der Waals surface area contributed by atoms with E-state index in [9.17, 15) is 18.0 Å². The predicted molar refractivity (Wildman–Crippen MR) is 153 cm³/mol. The summed E-state index contributed by atoms with van der Waals surface area (Å²) in [5.41, 5.74) is 2.28. The van der Waals surface area contributed by atoms with Crippen molar-refractivity contribution in [1.82, 2.24) is 9.62 Å². The number of likely N-dealkylation sites (N-methyl/N-ethyl adjacent to an activating group) is 1. The molecule has 1 aliphatic rings. The summed E-state index contributed by atoms with van der Waals surface area (Å²) in [6.07, 6.45) is -0.276. The number of benzene rings is 3. The van der Waals surface area contributed by atoms with Crippen molar-refractivity contribution in [2.75, 3.05) is 37.7 Å². The van der Waals surface area contributed by atoms with Crippen molar-refractivity contribution in [3.05, 3.63) is 83.9 Å². The van der Waals surface area contributed by atoms with E-state index in [1.54, 1.807) is 50.2 Å². The minimum Gasteiger partial charge on any atom is -0.494 e. The third-order valence-electron chi connectivity index (χ3n) is 6.67. The molecule has 1 atom stereocenters. The van der Waals surface area contributed by atoms with Gasteiger partial charge in [0.1, 0.15) is 11.5 Å². The summed E-state index contributed by atoms with van der Waals surface area (Å²) in [6, 6.07) is 21.4. The molecular weight excluding hydrogens is 530 g/mol. The zero-order chi connectivity index (χ0) is 28.7. The highest BCUT2D eigenvalue weighted by atomic mass is 32.2. The maximum absolute atomic E-state index is 13.6. The molecule has 40 heavy (non-hydrogen) atoms. The van der Waals surface area contributed by atoms with E-state index < -0.39 is 22.0 Å². The van der Waals surface area contributed by atoms with Crippen LogP contribution in [0.5, 0.6) is 11.5 Å². The average Bonchev–Trinajstić information content (AvgIpc) is 2.96. The van der Waals surface area contributed by atoms with Crippen LogP contribution in [0, 0.1) is 6.92 Å². The molecule has 0 bridgehead atoms. The van der Waals surface area contributed by atoms with Gasteiger partial charge in [-0.1, -0.05) is 49.4 Å². The van der Waals surface area contributed by atoms with Crippen LogP contribution in [-0.2, 0) is 26.0 Å². The van der Waals surface area contributed by atoms with Crippen molar-refractivity contribution in [1.29, 1.82) is 0 Å². The SMILES string of the molecule is CCOc1ccc(S(=O)(=O)N(CC)CC(=O)N2C[C@H](C(=O)NCCc3ccccc3)Oc3ccccc32)cc1C. The van der Waals surface area contributed by atoms with Gasteiger partial charge in [0, 0.05) is 13.1 Å². The number of anilines is 1. The summed E-state index contributed by atoms with van der Waals surface area (Å²) in [4.78, 5) is 28.1. The van der Waals surface area contributed by atoms with E-state index in [-0.39, 0.29) is 30.4 Å². The van der Waals surface area contributed by atoms with Crippen LogP contribution < -0.4 is 19.7 Å². The second kappa shape index (κ2) is 13.0. The highest BCUT2D eigenvalue weighted by molar-refractivity contribution is 7.89. The van der Waals surface area contributed by atoms with Gasteiger partial charge in [-0.3, -0.25) is 9.59 Å². The maximum atomic E-state index is 13.6. The van der Waals surface area contributed by atoms with E-state index in [0.29, 0.717) is 42.3 Å². The Kier molecular flexibility index (Phi) is 9.44. The third-order valence-corrected chi connectivity index (χ3v) is 8.59. The van der Waals surface area contributed by atoms with E-state index in [1.807, 2.05) is 37.3 Å². The smallest absolute Gasteiger partial charge is 0.262 e. The monoisotopic (exact) mass is 565 g/mol. The fraction of sp³-hybridized carbons (Fsp3) is 0.333. The predicted octanol–water partition coefficient (Wildman–Crippen LogP) is 3.56. The molecule has 0 radical (unpaired) electrons. The van der Waals surface area contributed by atoms with Crippen molar-refractivity contribution in [2.24, 2.45) is 0 Å². The Morgan fingerprint density at radius 2 is 1.77 bits per heavy atom. The van der Waals surface area contributed by atoms with Crippen LogP contribution in [0.3, 0.4) is 0 Å². The lowest BCUT2D eigenvalue weighted by atomic mass is 10.1. The Balaban J connectivity index is 1.48. The van der Waals surface area contributed by atoms with E-state index in [2.05, 4.69) is 5.32 Å². The molecule has 0 spiro atoms. The Morgan fingerprint density at radius 3 is 2.48 bits per heavy atom. The van der Waals surface area contributed by atoms with Crippen LogP contribution >= 0.6 is 0 Å². The van der Waals surface area contributed by atoms with Gasteiger partial charge in [-0.15, -0.1) is 0 Å². The van der Waals surface area contributed by atoms with Gasteiger partial charge >= 0.3 is 0 Å². The van der Waals surface area contributed by atoms with Gasteiger partial charge in [-0.2, -0.15) is 4.31 Å². The molecular formula is C30H35N3O6S. The minimum atomic E-state index is -3.96. The van der Waals surface area contributed by atoms with E-state index in [1.165, 1.54) is 11.0 Å². The van der Waals surface area contributed by atoms with Crippen LogP contribution in [0.1, 0.15) is 25.0 Å². The second-order valence-corrected chi connectivity index (χ2v) is 11.3. The molecule has 10 heteroatoms. The number of rotatable bonds is 11. The average molecular weight is 566 g/mol. The lowest BCUT2D eigenvalue weighted by molar-refractivity contribution is -0.128. The quantitative estimate of drug-likeness (QED) is 0.381. The first-order valence-corrected chi connectivity index (χ1v) is 14.8. The van der Waals surface area contributed by atoms with Crippen LogP contribution in [0.2, 0.25) is 0 Å². The molecule has 0 unspecified atom stereocenters. The van der Waals surface area contributed by atoms with Gasteiger partial charge < -0.3 is 19.7 Å². The number of hydrogen-bond donors (Lipinski definition) is 1. The Morgan fingerprint density at radius 1 is 1.05 bits per heavy atom. The van der Waals surface area contributed by atoms with Gasteiger partial charge in [-0.25, -0.2) is 8.42 Å². The molecule has 0 fully saturated rings. The molecule has 0 saturated heterocycles. The highest BCUT2D eigenvalue weighted by Crippen LogP contribution is 2.33. The van der Waals surface area contributed by atoms with Crippen molar-refractivity contribution in [3.8, 4) is 11.5 Å². The number of carbonyl (C=O) groups excluding carboxylic acids is 2. The number of nitrogens with one attached hydrogen (secondary N) is 1. The molecule has 2 amide bonds. The molecule has 0 aromatic heterocycles. The fourth-order valence-corrected chi connectivity index (χ4v) is 6.03. The van der Waals surface area contributed by atoms with Crippen LogP contribution in [0.15, 0.2) is 77.7 Å². The summed E-state index contributed by atoms with van der Waals surface area (Å²) in [5, 5.41) is 2.89. The van der Waals surface area contributed by atoms with Crippen LogP contribution in [-0.4, -0.2) is 63.4 Å². The van der Waals surface area contributed by atoms with Gasteiger partial charge in [0.25, 0.3) is 5.91 Å². The number of aryl methyl sites for hydroxylation is 1. The Labute approximate surface area is 235 Å². The molecule has 1 N–H and O–H groups in total. The molecule has 3 aromatic rings. The summed E-state index contributed by atoms with van der Waals surface area (Å²) in [5.74, 6) is 0.205. The van der Waals surface area contributed by atoms with Crippen molar-refractivity contribution >= 4 is 27.5 Å². The topological polar surface area (TPSA) is 105 Å². The Bertz CT molecular complexity index is 1440. The van der Waals surface area contributed by atoms with Gasteiger partial charge in [-0.05, 0) is 61.7 Å². The number of nitrogens with zero attached hydrogens (tertiary/aromatic N) is 2. The van der Waals surface area contributed by atoms with Gasteiger partial charge in [0.2, 0.25) is 15.9 Å². The fourth-order valence-electron chi connectivity index (χ4n) is 4.55. The lowest BCUT2D eigenvalue weighted by Crippen LogP contribution is -2.53. The summed E-state index contributed by atoms with van der Waals surface area (Å²) in [7, 11) is -3.96. The summed E-state index contributed by atoms with van der Waals surface area (Å²) >= 11 is 0. The first-order valence-electron chi connectivity index (χ1n) is 13.4. The lowest BCUT2D eigenvalue weighted by Gasteiger charge is -2.35. The van der Waals surface area contributed by atoms with Gasteiger partial charge in [0.05, 0.1) is 30.3 Å². The number of ether oxygens (including phenoxy) is 2. The zero-order valence-electron chi connectivity index (χ0n) is 23.0. The summed E-state index contributed by atoms with van der Waals surface area (Å²) in [6.45, 7) is 5.88. The Hall–Kier alpha value is -3.89. The first-order chi connectivity index (χ1) is 19.2. The molecule has 9 nitrogen and oxygen atoms in total. The second-order valence-electron chi connectivity index (χ2n) is 9.40. The molecule has 3 aromatic carbocycles. The van der Waals surface area contributed by atoms with Gasteiger partial charge in [0.15, 0.2) is 6.10 Å². The number of fused-ring (bicyclic) bond motifs is 1. The first kappa shape index (κ1) is 29.1. The van der Waals surface area contributed by atoms with Crippen LogP contribution in [0.25, 0.3) is 0 Å². The van der Waals surface area contributed by atoms with Crippen LogP contribution in [0.4, 0.5) is 5.69 Å². The molecule has 0 saturated carbocycles. The maximum Gasteiger partial charge on any atom is 0.262 e. The number of carbonyl (C=O) groups is 2. The number of para-hydroxylation sites is 2. The molecule has 1 heterocycles. The molecule has 0 aliphatic carbocycles. The number of sulfonamides is 1. The third kappa shape index (κ3) is 6.63.